The SMILES string of the molecule is C[C@H]1c2ccc(NC(=S)OCC3c4ccccc4-c4ccccc43)c(O)c2C(O)=C2C(=O)[C@]3(O)C(O)=C(C(N)=O)C(=O)[C@@H](N(C)C)C3C(O)C21. The minimum Gasteiger partial charge on any atom is -0.508 e. The highest BCUT2D eigenvalue weighted by Crippen LogP contribution is 2.56. The van der Waals surface area contributed by atoms with Crippen LogP contribution in [0.4, 0.5) is 5.69 Å². The van der Waals surface area contributed by atoms with E-state index in [9.17, 15) is 39.9 Å². The molecule has 1 amide bonds. The number of amides is 1. The molecule has 12 nitrogen and oxygen atoms in total. The molecule has 0 heterocycles. The van der Waals surface area contributed by atoms with Crippen molar-refractivity contribution in [1.82, 2.24) is 4.90 Å². The molecule has 3 aromatic rings. The van der Waals surface area contributed by atoms with Crippen molar-refractivity contribution in [2.24, 2.45) is 17.6 Å². The number of aliphatic hydroxyl groups is 4. The summed E-state index contributed by atoms with van der Waals surface area (Å²) in [6, 6.07) is 17.8. The zero-order chi connectivity index (χ0) is 36.0. The van der Waals surface area contributed by atoms with Crippen molar-refractivity contribution in [2.75, 3.05) is 26.0 Å². The first kappa shape index (κ1) is 33.4. The molecule has 3 aromatic carbocycles. The number of thiocarbonyl (C=S) groups is 1. The number of primary amides is 1. The van der Waals surface area contributed by atoms with Gasteiger partial charge in [-0.3, -0.25) is 19.3 Å². The van der Waals surface area contributed by atoms with E-state index in [4.69, 9.17) is 22.7 Å². The van der Waals surface area contributed by atoms with Gasteiger partial charge in [-0.2, -0.15) is 0 Å². The fourth-order valence-electron chi connectivity index (χ4n) is 8.46. The highest BCUT2D eigenvalue weighted by atomic mass is 32.1. The number of aliphatic hydroxyl groups excluding tert-OH is 3. The van der Waals surface area contributed by atoms with Crippen LogP contribution in [0.25, 0.3) is 16.9 Å². The number of hydrogen-bond acceptors (Lipinski definition) is 11. The first-order valence-electron chi connectivity index (χ1n) is 16.0. The van der Waals surface area contributed by atoms with E-state index in [1.165, 1.54) is 25.1 Å². The van der Waals surface area contributed by atoms with E-state index in [0.717, 1.165) is 22.3 Å². The molecule has 0 aromatic heterocycles. The maximum Gasteiger partial charge on any atom is 0.261 e. The van der Waals surface area contributed by atoms with Crippen LogP contribution in [0, 0.1) is 11.8 Å². The predicted octanol–water partition coefficient (Wildman–Crippen LogP) is 3.02. The average molecular weight is 698 g/mol. The Kier molecular flexibility index (Phi) is 7.86. The lowest BCUT2D eigenvalue weighted by Crippen LogP contribution is -2.70. The Morgan fingerprint density at radius 3 is 2.16 bits per heavy atom. The number of benzene rings is 3. The molecule has 258 valence electrons. The molecule has 4 aliphatic rings. The quantitative estimate of drug-likeness (QED) is 0.117. The van der Waals surface area contributed by atoms with Gasteiger partial charge in [0.1, 0.15) is 29.4 Å². The summed E-state index contributed by atoms with van der Waals surface area (Å²) in [6.45, 7) is 1.86. The molecule has 6 atom stereocenters. The third-order valence-corrected chi connectivity index (χ3v) is 10.9. The number of fused-ring (bicyclic) bond motifs is 6. The number of ether oxygens (including phenoxy) is 1. The van der Waals surface area contributed by atoms with Crippen molar-refractivity contribution in [1.29, 1.82) is 0 Å². The summed E-state index contributed by atoms with van der Waals surface area (Å²) in [5.74, 6) is -9.74. The molecular weight excluding hydrogens is 662 g/mol. The van der Waals surface area contributed by atoms with Gasteiger partial charge in [0.2, 0.25) is 5.78 Å². The molecule has 0 saturated heterocycles. The maximum atomic E-state index is 14.2. The van der Waals surface area contributed by atoms with Crippen molar-refractivity contribution in [3.63, 3.8) is 0 Å². The summed E-state index contributed by atoms with van der Waals surface area (Å²) in [5, 5.41) is 60.7. The van der Waals surface area contributed by atoms with E-state index >= 15 is 0 Å². The number of hydrogen-bond donors (Lipinski definition) is 7. The summed E-state index contributed by atoms with van der Waals surface area (Å²) in [4.78, 5) is 41.2. The zero-order valence-electron chi connectivity index (χ0n) is 27.2. The smallest absolute Gasteiger partial charge is 0.261 e. The van der Waals surface area contributed by atoms with Crippen LogP contribution in [0.5, 0.6) is 5.75 Å². The van der Waals surface area contributed by atoms with Gasteiger partial charge in [0.15, 0.2) is 11.4 Å². The van der Waals surface area contributed by atoms with Crippen LogP contribution < -0.4 is 11.1 Å². The van der Waals surface area contributed by atoms with Crippen LogP contribution in [0.2, 0.25) is 0 Å². The van der Waals surface area contributed by atoms with Gasteiger partial charge in [-0.1, -0.05) is 61.5 Å². The van der Waals surface area contributed by atoms with E-state index in [0.29, 0.717) is 5.56 Å². The summed E-state index contributed by atoms with van der Waals surface area (Å²) in [5.41, 5.74) is 5.61. The molecule has 7 rings (SSSR count). The Balaban J connectivity index is 1.22. The first-order chi connectivity index (χ1) is 23.7. The number of nitrogens with one attached hydrogen (secondary N) is 1. The van der Waals surface area contributed by atoms with Gasteiger partial charge >= 0.3 is 0 Å². The van der Waals surface area contributed by atoms with Crippen molar-refractivity contribution < 1.29 is 44.7 Å². The topological polar surface area (TPSA) is 203 Å². The molecule has 8 N–H and O–H groups in total. The molecule has 3 unspecified atom stereocenters. The second-order valence-corrected chi connectivity index (χ2v) is 13.8. The van der Waals surface area contributed by atoms with Crippen molar-refractivity contribution in [3.05, 3.63) is 99.8 Å². The zero-order valence-corrected chi connectivity index (χ0v) is 28.1. The number of Topliss-reactive ketones (excluding diaryl/α,β-unsaturated/α-hetero) is 2. The molecule has 13 heteroatoms. The molecule has 0 spiro atoms. The van der Waals surface area contributed by atoms with Gasteiger partial charge in [0.05, 0.1) is 29.3 Å². The lowest BCUT2D eigenvalue weighted by molar-refractivity contribution is -0.169. The van der Waals surface area contributed by atoms with Gasteiger partial charge in [-0.25, -0.2) is 0 Å². The monoisotopic (exact) mass is 697 g/mol. The molecule has 0 aliphatic heterocycles. The number of likely N-dealkylation sites (N-methyl/N-ethyl adjacent to an activating group) is 1. The summed E-state index contributed by atoms with van der Waals surface area (Å²) in [7, 11) is 2.91. The maximum absolute atomic E-state index is 14.2. The first-order valence-corrected chi connectivity index (χ1v) is 16.4. The lowest BCUT2D eigenvalue weighted by Gasteiger charge is -2.53. The number of anilines is 1. The standard InChI is InChI=1S/C37H35N3O9S/c1-15-16-12-13-22(39-36(50)49-14-21-19-10-6-4-8-17(19)18-9-5-7-11-20(18)21)29(41)24(16)30(42)25-23(15)31(43)27-28(40(2)3)32(44)26(35(38)47)34(46)37(27,48)33(25)45/h4-13,15,21,23,27-28,31,41-43,46,48H,14H2,1-3H3,(H2,38,47)(H,39,50)/t15-,23?,27?,28-,31?,37-/m0/s1. The normalized spacial score (nSPS) is 27.0. The number of carbonyl (C=O) groups excluding carboxylic acids is 3. The number of ketones is 2. The van der Waals surface area contributed by atoms with Crippen LogP contribution in [0.15, 0.2) is 77.6 Å². The highest BCUT2D eigenvalue weighted by Gasteiger charge is 2.68. The van der Waals surface area contributed by atoms with Gasteiger partial charge < -0.3 is 41.3 Å². The van der Waals surface area contributed by atoms with Gasteiger partial charge in [0, 0.05) is 17.4 Å². The molecule has 0 bridgehead atoms. The predicted molar refractivity (Wildman–Crippen MR) is 186 cm³/mol. The van der Waals surface area contributed by atoms with Crippen molar-refractivity contribution in [2.45, 2.75) is 36.5 Å². The Bertz CT molecular complexity index is 2050. The number of nitrogens with two attached hydrogens (primary N) is 1. The minimum absolute atomic E-state index is 0.0499. The molecule has 1 fully saturated rings. The summed E-state index contributed by atoms with van der Waals surface area (Å²) < 4.78 is 5.97. The molecule has 4 aliphatic carbocycles. The fraction of sp³-hybridized carbons (Fsp3) is 0.297. The van der Waals surface area contributed by atoms with Crippen LogP contribution in [0.3, 0.4) is 0 Å². The van der Waals surface area contributed by atoms with E-state index < -0.39 is 81.4 Å². The van der Waals surface area contributed by atoms with Gasteiger partial charge in [-0.15, -0.1) is 0 Å². The van der Waals surface area contributed by atoms with Gasteiger partial charge in [-0.05, 0) is 66.1 Å². The summed E-state index contributed by atoms with van der Waals surface area (Å²) >= 11 is 5.49. The number of phenolic OH excluding ortho intramolecular Hbond substituents is 1. The Morgan fingerprint density at radius 2 is 1.58 bits per heavy atom. The van der Waals surface area contributed by atoms with E-state index in [-0.39, 0.29) is 29.0 Å². The van der Waals surface area contributed by atoms with Crippen LogP contribution in [-0.4, -0.2) is 91.5 Å². The highest BCUT2D eigenvalue weighted by molar-refractivity contribution is 7.80. The molecule has 1 saturated carbocycles. The summed E-state index contributed by atoms with van der Waals surface area (Å²) in [6.07, 6.45) is -1.68. The van der Waals surface area contributed by atoms with Crippen LogP contribution >= 0.6 is 12.2 Å². The second-order valence-electron chi connectivity index (χ2n) is 13.4. The van der Waals surface area contributed by atoms with E-state index in [1.807, 2.05) is 36.4 Å². The Labute approximate surface area is 292 Å². The number of aromatic hydroxyl groups is 1. The van der Waals surface area contributed by atoms with E-state index in [1.54, 1.807) is 13.0 Å². The third-order valence-electron chi connectivity index (χ3n) is 10.7. The van der Waals surface area contributed by atoms with Crippen molar-refractivity contribution >= 4 is 46.3 Å². The Hall–Kier alpha value is -5.08. The van der Waals surface area contributed by atoms with Crippen molar-refractivity contribution in [3.8, 4) is 16.9 Å². The van der Waals surface area contributed by atoms with E-state index in [2.05, 4.69) is 17.4 Å². The Morgan fingerprint density at radius 1 is 0.980 bits per heavy atom. The average Bonchev–Trinajstić information content (AvgIpc) is 3.39. The largest absolute Gasteiger partial charge is 0.508 e. The van der Waals surface area contributed by atoms with Crippen LogP contribution in [-0.2, 0) is 19.1 Å². The van der Waals surface area contributed by atoms with Crippen LogP contribution in [0.1, 0.15) is 41.0 Å². The molecular formula is C37H35N3O9S. The molecule has 50 heavy (non-hydrogen) atoms. The minimum atomic E-state index is -3.00. The number of nitrogens with zero attached hydrogens (tertiary/aromatic N) is 1. The molecule has 0 radical (unpaired) electrons. The fourth-order valence-corrected chi connectivity index (χ4v) is 8.64. The number of phenols is 1. The second kappa shape index (κ2) is 11.8. The number of rotatable bonds is 5. The third kappa shape index (κ3) is 4.54. The number of carbonyl (C=O) groups is 3. The van der Waals surface area contributed by atoms with Gasteiger partial charge in [0.25, 0.3) is 11.1 Å². The lowest BCUT2D eigenvalue weighted by atomic mass is 9.54.